The Kier molecular flexibility index (Phi) is 6.63. The number of hydrogen-bond acceptors (Lipinski definition) is 4. The maximum atomic E-state index is 12.1. The minimum Gasteiger partial charge on any atom is -0.492 e. The molecule has 0 bridgehead atoms. The third kappa shape index (κ3) is 5.86. The van der Waals surface area contributed by atoms with Crippen molar-refractivity contribution in [3.8, 4) is 5.75 Å². The van der Waals surface area contributed by atoms with Gasteiger partial charge >= 0.3 is 0 Å². The summed E-state index contributed by atoms with van der Waals surface area (Å²) in [4.78, 5) is 16.7. The highest BCUT2D eigenvalue weighted by atomic mass is 16.5. The van der Waals surface area contributed by atoms with Crippen molar-refractivity contribution in [1.29, 1.82) is 0 Å². The van der Waals surface area contributed by atoms with Crippen molar-refractivity contribution in [2.24, 2.45) is 0 Å². The van der Waals surface area contributed by atoms with Gasteiger partial charge in [-0.05, 0) is 31.2 Å². The summed E-state index contributed by atoms with van der Waals surface area (Å²) in [6, 6.07) is 17.8. The van der Waals surface area contributed by atoms with Gasteiger partial charge in [-0.3, -0.25) is 14.6 Å². The Morgan fingerprint density at radius 2 is 1.62 bits per heavy atom. The van der Waals surface area contributed by atoms with Crippen LogP contribution in [0.4, 0.5) is 5.69 Å². The number of anilines is 1. The van der Waals surface area contributed by atoms with Gasteiger partial charge in [-0.1, -0.05) is 35.9 Å². The number of benzene rings is 2. The molecule has 1 fully saturated rings. The van der Waals surface area contributed by atoms with Crippen molar-refractivity contribution in [3.63, 3.8) is 0 Å². The van der Waals surface area contributed by atoms with Crippen molar-refractivity contribution >= 4 is 11.6 Å². The Labute approximate surface area is 155 Å². The Morgan fingerprint density at radius 1 is 0.962 bits per heavy atom. The highest BCUT2D eigenvalue weighted by molar-refractivity contribution is 5.92. The molecule has 0 unspecified atom stereocenters. The zero-order valence-corrected chi connectivity index (χ0v) is 15.4. The van der Waals surface area contributed by atoms with Crippen molar-refractivity contribution in [1.82, 2.24) is 9.80 Å². The normalized spacial score (nSPS) is 15.6. The fourth-order valence-corrected chi connectivity index (χ4v) is 3.02. The molecule has 5 heteroatoms. The topological polar surface area (TPSA) is 44.8 Å². The van der Waals surface area contributed by atoms with Crippen LogP contribution >= 0.6 is 0 Å². The third-order valence-corrected chi connectivity index (χ3v) is 4.59. The molecule has 0 aliphatic carbocycles. The van der Waals surface area contributed by atoms with Crippen molar-refractivity contribution in [2.45, 2.75) is 6.92 Å². The van der Waals surface area contributed by atoms with E-state index in [1.165, 1.54) is 5.56 Å². The molecule has 0 radical (unpaired) electrons. The van der Waals surface area contributed by atoms with Gasteiger partial charge in [0.05, 0.1) is 6.54 Å². The van der Waals surface area contributed by atoms with Gasteiger partial charge in [0.15, 0.2) is 0 Å². The predicted octanol–water partition coefficient (Wildman–Crippen LogP) is 2.63. The number of nitrogens with zero attached hydrogens (tertiary/aromatic N) is 2. The molecule has 3 rings (SSSR count). The molecule has 0 spiro atoms. The smallest absolute Gasteiger partial charge is 0.238 e. The summed E-state index contributed by atoms with van der Waals surface area (Å²) in [5, 5.41) is 2.94. The van der Waals surface area contributed by atoms with Crippen LogP contribution in [-0.2, 0) is 4.79 Å². The lowest BCUT2D eigenvalue weighted by Gasteiger charge is -2.34. The maximum absolute atomic E-state index is 12.1. The third-order valence-electron chi connectivity index (χ3n) is 4.59. The van der Waals surface area contributed by atoms with Crippen LogP contribution in [0.1, 0.15) is 5.56 Å². The highest BCUT2D eigenvalue weighted by Crippen LogP contribution is 2.11. The summed E-state index contributed by atoms with van der Waals surface area (Å²) >= 11 is 0. The van der Waals surface area contributed by atoms with Crippen LogP contribution < -0.4 is 10.1 Å². The highest BCUT2D eigenvalue weighted by Gasteiger charge is 2.18. The first kappa shape index (κ1) is 18.4. The van der Waals surface area contributed by atoms with Gasteiger partial charge in [0, 0.05) is 38.4 Å². The van der Waals surface area contributed by atoms with E-state index < -0.39 is 0 Å². The largest absolute Gasteiger partial charge is 0.492 e. The van der Waals surface area contributed by atoms with Gasteiger partial charge in [0.25, 0.3) is 0 Å². The van der Waals surface area contributed by atoms with Crippen LogP contribution in [0.5, 0.6) is 5.75 Å². The molecule has 1 amide bonds. The second kappa shape index (κ2) is 9.36. The van der Waals surface area contributed by atoms with Crippen LogP contribution in [0, 0.1) is 6.92 Å². The lowest BCUT2D eigenvalue weighted by Crippen LogP contribution is -2.49. The average molecular weight is 353 g/mol. The number of carbonyl (C=O) groups excluding carboxylic acids is 1. The van der Waals surface area contributed by atoms with Crippen LogP contribution in [0.3, 0.4) is 0 Å². The van der Waals surface area contributed by atoms with Gasteiger partial charge in [-0.15, -0.1) is 0 Å². The average Bonchev–Trinajstić information content (AvgIpc) is 2.65. The van der Waals surface area contributed by atoms with Gasteiger partial charge in [-0.2, -0.15) is 0 Å². The molecular weight excluding hydrogens is 326 g/mol. The zero-order valence-electron chi connectivity index (χ0n) is 15.4. The number of amides is 1. The fraction of sp³-hybridized carbons (Fsp3) is 0.381. The summed E-state index contributed by atoms with van der Waals surface area (Å²) in [6.45, 7) is 7.88. The number of nitrogens with one attached hydrogen (secondary N) is 1. The first-order chi connectivity index (χ1) is 12.7. The molecule has 2 aromatic rings. The molecule has 138 valence electrons. The molecular formula is C21H27N3O2. The van der Waals surface area contributed by atoms with E-state index in [-0.39, 0.29) is 5.91 Å². The van der Waals surface area contributed by atoms with Crippen molar-refractivity contribution in [2.75, 3.05) is 51.2 Å². The lowest BCUT2D eigenvalue weighted by molar-refractivity contribution is -0.117. The van der Waals surface area contributed by atoms with E-state index in [1.54, 1.807) is 0 Å². The van der Waals surface area contributed by atoms with E-state index in [0.29, 0.717) is 13.2 Å². The summed E-state index contributed by atoms with van der Waals surface area (Å²) in [6.07, 6.45) is 0. The number of hydrogen-bond donors (Lipinski definition) is 1. The molecule has 2 aromatic carbocycles. The molecule has 0 atom stereocenters. The molecule has 26 heavy (non-hydrogen) atoms. The summed E-state index contributed by atoms with van der Waals surface area (Å²) < 4.78 is 5.80. The first-order valence-electron chi connectivity index (χ1n) is 9.18. The lowest BCUT2D eigenvalue weighted by atomic mass is 10.2. The first-order valence-corrected chi connectivity index (χ1v) is 9.18. The Morgan fingerprint density at radius 3 is 2.31 bits per heavy atom. The van der Waals surface area contributed by atoms with Crippen LogP contribution in [0.25, 0.3) is 0 Å². The molecule has 1 aliphatic heterocycles. The van der Waals surface area contributed by atoms with E-state index >= 15 is 0 Å². The van der Waals surface area contributed by atoms with Crippen molar-refractivity contribution in [3.05, 3.63) is 60.2 Å². The molecule has 1 aliphatic rings. The molecule has 1 heterocycles. The minimum absolute atomic E-state index is 0.0485. The van der Waals surface area contributed by atoms with E-state index in [2.05, 4.69) is 34.2 Å². The van der Waals surface area contributed by atoms with E-state index in [1.807, 2.05) is 42.5 Å². The quantitative estimate of drug-likeness (QED) is 0.831. The van der Waals surface area contributed by atoms with Crippen molar-refractivity contribution < 1.29 is 9.53 Å². The van der Waals surface area contributed by atoms with Gasteiger partial charge in [0.2, 0.25) is 5.91 Å². The zero-order chi connectivity index (χ0) is 18.2. The molecule has 1 saturated heterocycles. The second-order valence-corrected chi connectivity index (χ2v) is 6.69. The number of carbonyl (C=O) groups is 1. The number of piperazine rings is 1. The second-order valence-electron chi connectivity index (χ2n) is 6.69. The van der Waals surface area contributed by atoms with Gasteiger partial charge < -0.3 is 10.1 Å². The summed E-state index contributed by atoms with van der Waals surface area (Å²) in [5.41, 5.74) is 2.09. The van der Waals surface area contributed by atoms with Crippen LogP contribution in [0.2, 0.25) is 0 Å². The predicted molar refractivity (Wildman–Crippen MR) is 105 cm³/mol. The monoisotopic (exact) mass is 353 g/mol. The summed E-state index contributed by atoms with van der Waals surface area (Å²) in [5.74, 6) is 0.971. The van der Waals surface area contributed by atoms with E-state index in [0.717, 1.165) is 44.2 Å². The Bertz CT molecular complexity index is 680. The molecule has 1 N–H and O–H groups in total. The molecule has 0 aromatic heterocycles. The molecule has 0 saturated carbocycles. The number of aryl methyl sites for hydroxylation is 1. The van der Waals surface area contributed by atoms with E-state index in [9.17, 15) is 4.79 Å². The van der Waals surface area contributed by atoms with Gasteiger partial charge in [-0.25, -0.2) is 0 Å². The standard InChI is InChI=1S/C21H27N3O2/c1-18-7-9-20(10-8-18)26-16-15-23-11-13-24(14-12-23)17-21(25)22-19-5-3-2-4-6-19/h2-10H,11-17H2,1H3,(H,22,25). The number of rotatable bonds is 7. The fourth-order valence-electron chi connectivity index (χ4n) is 3.02. The number of para-hydroxylation sites is 1. The van der Waals surface area contributed by atoms with Crippen LogP contribution in [-0.4, -0.2) is 61.6 Å². The van der Waals surface area contributed by atoms with Gasteiger partial charge in [0.1, 0.15) is 12.4 Å². The summed E-state index contributed by atoms with van der Waals surface area (Å²) in [7, 11) is 0. The van der Waals surface area contributed by atoms with E-state index in [4.69, 9.17) is 4.74 Å². The SMILES string of the molecule is Cc1ccc(OCCN2CCN(CC(=O)Nc3ccccc3)CC2)cc1. The maximum Gasteiger partial charge on any atom is 0.238 e. The molecule has 5 nitrogen and oxygen atoms in total. The van der Waals surface area contributed by atoms with Crippen LogP contribution in [0.15, 0.2) is 54.6 Å². The number of ether oxygens (including phenoxy) is 1. The Hall–Kier alpha value is -2.37. The Balaban J connectivity index is 1.32. The minimum atomic E-state index is 0.0485.